The van der Waals surface area contributed by atoms with Gasteiger partial charge in [-0.2, -0.15) is 5.26 Å². The predicted molar refractivity (Wildman–Crippen MR) is 271 cm³/mol. The minimum Gasteiger partial charge on any atom is -0.492 e. The summed E-state index contributed by atoms with van der Waals surface area (Å²) in [5.41, 5.74) is 2.07. The van der Waals surface area contributed by atoms with Crippen molar-refractivity contribution in [3.8, 4) is 39.3 Å². The van der Waals surface area contributed by atoms with Gasteiger partial charge in [-0.15, -0.1) is 11.3 Å². The number of hydrogen-bond acceptors (Lipinski definition) is 13. The van der Waals surface area contributed by atoms with E-state index in [4.69, 9.17) is 26.4 Å². The van der Waals surface area contributed by atoms with Crippen molar-refractivity contribution < 1.29 is 51.7 Å². The van der Waals surface area contributed by atoms with Gasteiger partial charge in [0.1, 0.15) is 36.0 Å². The number of carbonyl (C=O) groups excluding carboxylic acids is 4. The number of halogens is 3. The molecule has 16 nitrogen and oxygen atoms in total. The number of aromatic nitrogens is 2. The van der Waals surface area contributed by atoms with Crippen LogP contribution in [0.3, 0.4) is 0 Å². The molecule has 0 saturated carbocycles. The van der Waals surface area contributed by atoms with Crippen LogP contribution in [0.15, 0.2) is 72.4 Å². The number of benzene rings is 3. The van der Waals surface area contributed by atoms with E-state index in [9.17, 15) is 29.5 Å². The lowest BCUT2D eigenvalue weighted by Crippen LogP contribution is -2.58. The quantitative estimate of drug-likeness (QED) is 0.0581. The van der Waals surface area contributed by atoms with Crippen molar-refractivity contribution in [2.45, 2.75) is 91.1 Å². The van der Waals surface area contributed by atoms with Gasteiger partial charge in [-0.05, 0) is 92.7 Å². The molecule has 0 radical (unpaired) electrons. The second kappa shape index (κ2) is 22.4. The molecule has 4 heterocycles. The molecular weight excluding hydrogens is 986 g/mol. The third-order valence-corrected chi connectivity index (χ3v) is 13.8. The van der Waals surface area contributed by atoms with Gasteiger partial charge in [0.15, 0.2) is 34.1 Å². The Hall–Kier alpha value is -6.99. The van der Waals surface area contributed by atoms with Gasteiger partial charge in [-0.1, -0.05) is 45.0 Å². The second-order valence-electron chi connectivity index (χ2n) is 19.1. The summed E-state index contributed by atoms with van der Waals surface area (Å²) in [4.78, 5) is 67.4. The van der Waals surface area contributed by atoms with E-state index in [0.717, 1.165) is 38.7 Å². The average Bonchev–Trinajstić information content (AvgIpc) is 4.01. The Morgan fingerprint density at radius 2 is 1.73 bits per heavy atom. The lowest BCUT2D eigenvalue weighted by molar-refractivity contribution is -0.144. The van der Waals surface area contributed by atoms with Crippen molar-refractivity contribution in [3.05, 3.63) is 107 Å². The number of nitriles is 1. The number of hydrogen-bond donors (Lipinski definition) is 3. The van der Waals surface area contributed by atoms with Crippen LogP contribution in [0.25, 0.3) is 21.7 Å². The Kier molecular flexibility index (Phi) is 16.5. The second-order valence-corrected chi connectivity index (χ2v) is 20.4. The number of likely N-dealkylation sites (tertiary alicyclic amines) is 1. The van der Waals surface area contributed by atoms with Crippen LogP contribution in [0, 0.1) is 41.1 Å². The molecule has 7 rings (SSSR count). The summed E-state index contributed by atoms with van der Waals surface area (Å²) in [6.45, 7) is 10.4. The lowest BCUT2D eigenvalue weighted by atomic mass is 9.85. The smallest absolute Gasteiger partial charge is 0.259 e. The molecule has 21 heteroatoms. The monoisotopic (exact) mass is 1040 g/mol. The van der Waals surface area contributed by atoms with Crippen molar-refractivity contribution in [3.63, 3.8) is 0 Å². The van der Waals surface area contributed by atoms with Gasteiger partial charge < -0.3 is 39.8 Å². The number of nitrogens with one attached hydrogen (secondary N) is 2. The highest BCUT2D eigenvalue weighted by Crippen LogP contribution is 2.41. The first-order valence-electron chi connectivity index (χ1n) is 23.3. The zero-order chi connectivity index (χ0) is 52.9. The number of ether oxygens (including phenoxy) is 3. The van der Waals surface area contributed by atoms with Gasteiger partial charge in [0, 0.05) is 37.7 Å². The third kappa shape index (κ3) is 11.6. The Morgan fingerprint density at radius 3 is 2.37 bits per heavy atom. The normalized spacial score (nSPS) is 16.9. The number of aliphatic hydroxyl groups excluding tert-OH is 1. The molecule has 2 saturated heterocycles. The Balaban J connectivity index is 0.866. The molecule has 0 bridgehead atoms. The van der Waals surface area contributed by atoms with Crippen molar-refractivity contribution >= 4 is 63.7 Å². The van der Waals surface area contributed by atoms with E-state index in [1.165, 1.54) is 61.2 Å². The lowest BCUT2D eigenvalue weighted by Gasteiger charge is -2.35. The highest BCUT2D eigenvalue weighted by Gasteiger charge is 2.51. The van der Waals surface area contributed by atoms with E-state index < -0.39 is 70.2 Å². The average molecular weight is 1040 g/mol. The molecule has 5 aromatic rings. The van der Waals surface area contributed by atoms with Crippen LogP contribution in [0.4, 0.5) is 24.5 Å². The number of nitrogens with zero attached hydrogens (tertiary/aromatic N) is 6. The van der Waals surface area contributed by atoms with Gasteiger partial charge in [-0.25, -0.2) is 18.2 Å². The SMILES string of the molecule is COc1c(C#N)ccc(N2C(=O)C(C)(C)N(c3cnc(-c4ccc(OCCCCOCC(=O)N[C@H](C(=O)N5C[C@H](O)C[C@H]5C(=O)NCc5ccc(-c6scnc6C)cc5)C(C)(C)C)c(F)c4)c(F)c3)C2=S)c1F. The van der Waals surface area contributed by atoms with Crippen molar-refractivity contribution in [1.29, 1.82) is 5.26 Å². The fourth-order valence-electron chi connectivity index (χ4n) is 8.61. The number of amides is 4. The number of β-amino-alcohol motifs (C(OH)–C–C–N with tert-alkyl or cyclic N) is 1. The zero-order valence-corrected chi connectivity index (χ0v) is 42.9. The standard InChI is InChI=1S/C52H55F3N8O8S2/c1-29-45(73-28-59-29)31-12-10-30(11-13-31)24-58-47(66)39-22-35(64)26-61(39)48(67)46(51(2,3)4)60-41(65)27-70-18-8-9-19-71-40-17-15-32(20-36(40)53)43-37(54)21-34(25-57-43)63-50(72)62(49(68)52(63,5)6)38-16-14-33(23-56)44(69-7)42(38)55/h10-17,20-21,25,28,35,39,46,64H,8-9,18-19,22,24,26-27H2,1-7H3,(H,58,66)(H,60,65)/t35-,39+,46-/m1/s1. The predicted octanol–water partition coefficient (Wildman–Crippen LogP) is 7.38. The highest BCUT2D eigenvalue weighted by molar-refractivity contribution is 7.81. The number of thiocarbonyl (C=S) groups is 1. The maximum absolute atomic E-state index is 15.8. The van der Waals surface area contributed by atoms with Crippen LogP contribution in [-0.2, 0) is 30.5 Å². The topological polar surface area (TPSA) is 200 Å². The molecule has 2 fully saturated rings. The van der Waals surface area contributed by atoms with E-state index in [0.29, 0.717) is 12.8 Å². The molecule has 2 aliphatic rings. The Bertz CT molecular complexity index is 2960. The number of methoxy groups -OCH3 is 1. The van der Waals surface area contributed by atoms with Crippen LogP contribution in [-0.4, -0.2) is 106 Å². The van der Waals surface area contributed by atoms with Gasteiger partial charge >= 0.3 is 0 Å². The number of carbonyl (C=O) groups is 4. The van der Waals surface area contributed by atoms with Gasteiger partial charge in [0.2, 0.25) is 17.7 Å². The first-order chi connectivity index (χ1) is 34.7. The number of rotatable bonds is 18. The van der Waals surface area contributed by atoms with Gasteiger partial charge in [0.05, 0.1) is 59.0 Å². The molecule has 2 aromatic heterocycles. The summed E-state index contributed by atoms with van der Waals surface area (Å²) in [6.07, 6.45) is 1.25. The molecule has 3 atom stereocenters. The van der Waals surface area contributed by atoms with Crippen molar-refractivity contribution in [2.75, 3.05) is 43.3 Å². The summed E-state index contributed by atoms with van der Waals surface area (Å²) >= 11 is 7.16. The summed E-state index contributed by atoms with van der Waals surface area (Å²) in [5.74, 6) is -5.15. The summed E-state index contributed by atoms with van der Waals surface area (Å²) < 4.78 is 62.9. The largest absolute Gasteiger partial charge is 0.492 e. The number of anilines is 2. The minimum atomic E-state index is -1.42. The Morgan fingerprint density at radius 1 is 1.01 bits per heavy atom. The summed E-state index contributed by atoms with van der Waals surface area (Å²) in [5, 5.41) is 25.4. The number of aliphatic hydroxyl groups is 1. The van der Waals surface area contributed by atoms with Gasteiger partial charge in [-0.3, -0.25) is 29.1 Å². The van der Waals surface area contributed by atoms with E-state index >= 15 is 13.2 Å². The molecule has 2 aliphatic heterocycles. The van der Waals surface area contributed by atoms with Crippen LogP contribution in [0.5, 0.6) is 11.5 Å². The first-order valence-corrected chi connectivity index (χ1v) is 24.6. The molecule has 0 aliphatic carbocycles. The molecule has 0 spiro atoms. The molecule has 3 aromatic carbocycles. The van der Waals surface area contributed by atoms with E-state index in [-0.39, 0.29) is 84.1 Å². The van der Waals surface area contributed by atoms with E-state index in [1.807, 2.05) is 37.3 Å². The number of thiazole rings is 1. The van der Waals surface area contributed by atoms with Crippen LogP contribution >= 0.6 is 23.6 Å². The van der Waals surface area contributed by atoms with Crippen molar-refractivity contribution in [1.82, 2.24) is 25.5 Å². The summed E-state index contributed by atoms with van der Waals surface area (Å²) in [6, 6.07) is 15.1. The van der Waals surface area contributed by atoms with E-state index in [1.54, 1.807) is 37.6 Å². The molecule has 3 N–H and O–H groups in total. The van der Waals surface area contributed by atoms with Gasteiger partial charge in [0.25, 0.3) is 5.91 Å². The van der Waals surface area contributed by atoms with Crippen LogP contribution in [0.2, 0.25) is 0 Å². The molecular formula is C52H55F3N8O8S2. The Labute approximate surface area is 430 Å². The number of aryl methyl sites for hydroxylation is 1. The van der Waals surface area contributed by atoms with Crippen LogP contribution in [0.1, 0.15) is 70.7 Å². The van der Waals surface area contributed by atoms with Crippen LogP contribution < -0.4 is 29.9 Å². The molecule has 384 valence electrons. The molecule has 4 amide bonds. The first kappa shape index (κ1) is 53.8. The number of pyridine rings is 1. The van der Waals surface area contributed by atoms with E-state index in [2.05, 4.69) is 20.6 Å². The minimum absolute atomic E-state index is 0.0516. The highest BCUT2D eigenvalue weighted by atomic mass is 32.1. The summed E-state index contributed by atoms with van der Waals surface area (Å²) in [7, 11) is 1.19. The zero-order valence-electron chi connectivity index (χ0n) is 41.3. The number of unbranched alkanes of at least 4 members (excludes halogenated alkanes) is 1. The van der Waals surface area contributed by atoms with Crippen molar-refractivity contribution in [2.24, 2.45) is 5.41 Å². The maximum atomic E-state index is 15.8. The fraction of sp³-hybridized carbons (Fsp3) is 0.385. The molecule has 0 unspecified atom stereocenters. The molecule has 73 heavy (non-hydrogen) atoms. The maximum Gasteiger partial charge on any atom is 0.259 e. The fourth-order valence-corrected chi connectivity index (χ4v) is 9.94. The third-order valence-electron chi connectivity index (χ3n) is 12.5.